The Morgan fingerprint density at radius 2 is 1.83 bits per heavy atom. The van der Waals surface area contributed by atoms with Crippen molar-refractivity contribution in [3.8, 4) is 5.75 Å². The first-order valence-electron chi connectivity index (χ1n) is 11.1. The third-order valence-electron chi connectivity index (χ3n) is 6.24. The number of piperidine rings is 1. The first kappa shape index (κ1) is 23.0. The fourth-order valence-electron chi connectivity index (χ4n) is 4.38. The highest BCUT2D eigenvalue weighted by Crippen LogP contribution is 2.27. The van der Waals surface area contributed by atoms with Gasteiger partial charge in [0.15, 0.2) is 0 Å². The number of carbonyl (C=O) groups is 1. The maximum absolute atomic E-state index is 13.1. The zero-order valence-corrected chi connectivity index (χ0v) is 19.0. The van der Waals surface area contributed by atoms with Crippen LogP contribution in [0.3, 0.4) is 0 Å². The van der Waals surface area contributed by atoms with E-state index in [-0.39, 0.29) is 24.4 Å². The highest BCUT2D eigenvalue weighted by molar-refractivity contribution is 7.86. The summed E-state index contributed by atoms with van der Waals surface area (Å²) in [5.41, 5.74) is 0.990. The second-order valence-corrected chi connectivity index (χ2v) is 10.3. The predicted octanol–water partition coefficient (Wildman–Crippen LogP) is 2.92. The lowest BCUT2D eigenvalue weighted by molar-refractivity contribution is -0.126. The van der Waals surface area contributed by atoms with E-state index in [2.05, 4.69) is 5.32 Å². The molecule has 1 amide bonds. The predicted molar refractivity (Wildman–Crippen MR) is 117 cm³/mol. The normalized spacial score (nSPS) is 21.5. The highest BCUT2D eigenvalue weighted by Gasteiger charge is 2.37. The molecule has 1 aliphatic heterocycles. The Balaban J connectivity index is 1.54. The number of nitrogens with zero attached hydrogens (tertiary/aromatic N) is 2. The minimum Gasteiger partial charge on any atom is -0.494 e. The zero-order valence-electron chi connectivity index (χ0n) is 18.2. The van der Waals surface area contributed by atoms with Crippen LogP contribution >= 0.6 is 0 Å². The van der Waals surface area contributed by atoms with E-state index in [4.69, 9.17) is 4.74 Å². The molecule has 1 atom stereocenters. The summed E-state index contributed by atoms with van der Waals surface area (Å²) < 4.78 is 34.7. The van der Waals surface area contributed by atoms with Crippen molar-refractivity contribution < 1.29 is 17.9 Å². The molecule has 0 radical (unpaired) electrons. The van der Waals surface area contributed by atoms with Crippen LogP contribution in [0.5, 0.6) is 5.75 Å². The third-order valence-corrected chi connectivity index (χ3v) is 8.25. The van der Waals surface area contributed by atoms with Crippen LogP contribution in [-0.2, 0) is 21.5 Å². The summed E-state index contributed by atoms with van der Waals surface area (Å²) in [7, 11) is -1.84. The van der Waals surface area contributed by atoms with Crippen molar-refractivity contribution in [2.24, 2.45) is 5.92 Å². The van der Waals surface area contributed by atoms with Crippen LogP contribution in [0.1, 0.15) is 57.4 Å². The van der Waals surface area contributed by atoms with Crippen LogP contribution in [0.2, 0.25) is 0 Å². The molecule has 1 heterocycles. The number of ether oxygens (including phenoxy) is 1. The number of hydrogen-bond acceptors (Lipinski definition) is 4. The molecule has 1 N–H and O–H groups in total. The van der Waals surface area contributed by atoms with Gasteiger partial charge in [-0.2, -0.15) is 17.0 Å². The molecule has 0 bridgehead atoms. The van der Waals surface area contributed by atoms with Crippen LogP contribution < -0.4 is 10.1 Å². The van der Waals surface area contributed by atoms with Crippen molar-refractivity contribution >= 4 is 16.1 Å². The van der Waals surface area contributed by atoms with Gasteiger partial charge in [-0.15, -0.1) is 0 Å². The van der Waals surface area contributed by atoms with Gasteiger partial charge in [0.1, 0.15) is 5.75 Å². The molecule has 30 heavy (non-hydrogen) atoms. The Bertz CT molecular complexity index is 791. The molecule has 1 unspecified atom stereocenters. The minimum atomic E-state index is -3.53. The number of benzene rings is 1. The van der Waals surface area contributed by atoms with E-state index < -0.39 is 10.2 Å². The average Bonchev–Trinajstić information content (AvgIpc) is 2.78. The van der Waals surface area contributed by atoms with Crippen LogP contribution in [-0.4, -0.2) is 55.7 Å². The molecule has 8 heteroatoms. The monoisotopic (exact) mass is 437 g/mol. The summed E-state index contributed by atoms with van der Waals surface area (Å²) in [4.78, 5) is 12.7. The summed E-state index contributed by atoms with van der Waals surface area (Å²) >= 11 is 0. The fraction of sp³-hybridized carbons (Fsp3) is 0.682. The van der Waals surface area contributed by atoms with Crippen LogP contribution in [0.15, 0.2) is 24.3 Å². The fourth-order valence-corrected chi connectivity index (χ4v) is 6.06. The quantitative estimate of drug-likeness (QED) is 0.678. The van der Waals surface area contributed by atoms with Gasteiger partial charge in [-0.3, -0.25) is 4.79 Å². The van der Waals surface area contributed by atoms with E-state index in [9.17, 15) is 13.2 Å². The maximum Gasteiger partial charge on any atom is 0.281 e. The van der Waals surface area contributed by atoms with Crippen molar-refractivity contribution in [3.05, 3.63) is 29.8 Å². The minimum absolute atomic E-state index is 0.0795. The van der Waals surface area contributed by atoms with Crippen LogP contribution in [0.25, 0.3) is 0 Å². The lowest BCUT2D eigenvalue weighted by atomic mass is 9.96. The Kier molecular flexibility index (Phi) is 8.13. The maximum atomic E-state index is 13.1. The summed E-state index contributed by atoms with van der Waals surface area (Å²) in [6.45, 7) is 3.73. The first-order valence-corrected chi connectivity index (χ1v) is 12.5. The van der Waals surface area contributed by atoms with Gasteiger partial charge >= 0.3 is 0 Å². The molecule has 168 valence electrons. The van der Waals surface area contributed by atoms with Crippen molar-refractivity contribution in [3.63, 3.8) is 0 Å². The Morgan fingerprint density at radius 3 is 2.50 bits per heavy atom. The van der Waals surface area contributed by atoms with E-state index in [1.54, 1.807) is 11.4 Å². The molecule has 1 saturated carbocycles. The molecule has 3 rings (SSSR count). The smallest absolute Gasteiger partial charge is 0.281 e. The van der Waals surface area contributed by atoms with Gasteiger partial charge in [0.25, 0.3) is 10.2 Å². The summed E-state index contributed by atoms with van der Waals surface area (Å²) in [6.07, 6.45) is 6.63. The highest BCUT2D eigenvalue weighted by atomic mass is 32.2. The topological polar surface area (TPSA) is 79.0 Å². The van der Waals surface area contributed by atoms with Crippen molar-refractivity contribution in [1.82, 2.24) is 13.9 Å². The molecule has 0 spiro atoms. The van der Waals surface area contributed by atoms with E-state index in [0.717, 1.165) is 37.0 Å². The van der Waals surface area contributed by atoms with Crippen molar-refractivity contribution in [2.75, 3.05) is 26.7 Å². The van der Waals surface area contributed by atoms with Gasteiger partial charge in [0.2, 0.25) is 5.91 Å². The first-order chi connectivity index (χ1) is 14.4. The van der Waals surface area contributed by atoms with Crippen LogP contribution in [0.4, 0.5) is 0 Å². The molecule has 2 fully saturated rings. The van der Waals surface area contributed by atoms with E-state index in [1.807, 2.05) is 31.2 Å². The molecule has 1 aromatic rings. The molecule has 7 nitrogen and oxygen atoms in total. The second-order valence-electron chi connectivity index (χ2n) is 8.31. The lowest BCUT2D eigenvalue weighted by Crippen LogP contribution is -2.52. The van der Waals surface area contributed by atoms with Gasteiger partial charge in [0, 0.05) is 32.7 Å². The van der Waals surface area contributed by atoms with E-state index >= 15 is 0 Å². The molecule has 0 aromatic heterocycles. The average molecular weight is 438 g/mol. The van der Waals surface area contributed by atoms with Gasteiger partial charge in [0.05, 0.1) is 12.5 Å². The Labute approximate surface area is 180 Å². The van der Waals surface area contributed by atoms with E-state index in [1.165, 1.54) is 10.7 Å². The summed E-state index contributed by atoms with van der Waals surface area (Å²) in [6, 6.07) is 7.73. The third kappa shape index (κ3) is 5.74. The molecular weight excluding hydrogens is 402 g/mol. The summed E-state index contributed by atoms with van der Waals surface area (Å²) in [5.74, 6) is 0.419. The number of amides is 1. The zero-order chi connectivity index (χ0) is 21.6. The van der Waals surface area contributed by atoms with Crippen molar-refractivity contribution in [1.29, 1.82) is 0 Å². The number of carbonyl (C=O) groups excluding carboxylic acids is 1. The van der Waals surface area contributed by atoms with Gasteiger partial charge < -0.3 is 10.1 Å². The van der Waals surface area contributed by atoms with E-state index in [0.29, 0.717) is 32.5 Å². The van der Waals surface area contributed by atoms with Gasteiger partial charge in [-0.05, 0) is 50.3 Å². The molecular formula is C22H35N3O4S. The molecule has 2 aliphatic rings. The molecule has 1 saturated heterocycles. The van der Waals surface area contributed by atoms with Gasteiger partial charge in [-0.1, -0.05) is 31.4 Å². The number of hydrogen-bond donors (Lipinski definition) is 1. The Morgan fingerprint density at radius 1 is 1.13 bits per heavy atom. The lowest BCUT2D eigenvalue weighted by Gasteiger charge is -2.37. The van der Waals surface area contributed by atoms with Gasteiger partial charge in [-0.25, -0.2) is 0 Å². The summed E-state index contributed by atoms with van der Waals surface area (Å²) in [5, 5.41) is 2.97. The SMILES string of the molecule is CCOc1ccc(CNC(=O)C2CCCN(S(=O)(=O)N(C)C3CCCCC3)C2)cc1. The number of nitrogens with one attached hydrogen (secondary N) is 1. The standard InChI is InChI=1S/C22H35N3O4S/c1-3-29-21-13-11-18(12-14-21)16-23-22(26)19-8-7-15-25(17-19)30(27,28)24(2)20-9-5-4-6-10-20/h11-14,19-20H,3-10,15-17H2,1-2H3,(H,23,26). The number of rotatable bonds is 8. The molecule has 1 aromatic carbocycles. The van der Waals surface area contributed by atoms with Crippen molar-refractivity contribution in [2.45, 2.75) is 64.5 Å². The molecule has 1 aliphatic carbocycles. The van der Waals surface area contributed by atoms with Crippen LogP contribution in [0, 0.1) is 5.92 Å². The second kappa shape index (κ2) is 10.6. The Hall–Kier alpha value is -1.64. The largest absolute Gasteiger partial charge is 0.494 e.